The third-order valence-electron chi connectivity index (χ3n) is 1.78. The van der Waals surface area contributed by atoms with Crippen molar-refractivity contribution < 1.29 is 0 Å². The van der Waals surface area contributed by atoms with E-state index in [4.69, 9.17) is 22.7 Å². The van der Waals surface area contributed by atoms with E-state index in [0.29, 0.717) is 16.4 Å². The zero-order valence-corrected chi connectivity index (χ0v) is 9.87. The lowest BCUT2D eigenvalue weighted by Gasteiger charge is -2.08. The van der Waals surface area contributed by atoms with Gasteiger partial charge in [-0.05, 0) is 25.5 Å². The van der Waals surface area contributed by atoms with Gasteiger partial charge in [-0.3, -0.25) is 0 Å². The summed E-state index contributed by atoms with van der Waals surface area (Å²) in [5.74, 6) is 0. The summed E-state index contributed by atoms with van der Waals surface area (Å²) in [6, 6.07) is 3.62. The second-order valence-electron chi connectivity index (χ2n) is 2.78. The van der Waals surface area contributed by atoms with Crippen molar-refractivity contribution in [2.45, 2.75) is 27.7 Å². The quantitative estimate of drug-likeness (QED) is 0.542. The minimum atomic E-state index is 0.451. The van der Waals surface area contributed by atoms with Crippen LogP contribution in [0.3, 0.4) is 0 Å². The van der Waals surface area contributed by atoms with Crippen LogP contribution in [0.5, 0.6) is 0 Å². The molecule has 78 valence electrons. The van der Waals surface area contributed by atoms with E-state index in [2.05, 4.69) is 0 Å². The SMILES string of the molecule is CC.CC(=N)c1c(C)ccc(Cl)c1N. The third kappa shape index (κ3) is 2.74. The average molecular weight is 213 g/mol. The molecule has 3 heteroatoms. The first-order chi connectivity index (χ1) is 6.54. The van der Waals surface area contributed by atoms with E-state index in [1.165, 1.54) is 0 Å². The van der Waals surface area contributed by atoms with Crippen LogP contribution in [0, 0.1) is 12.3 Å². The number of hydrogen-bond donors (Lipinski definition) is 2. The zero-order chi connectivity index (χ0) is 11.3. The van der Waals surface area contributed by atoms with Crippen molar-refractivity contribution in [3.63, 3.8) is 0 Å². The van der Waals surface area contributed by atoms with E-state index in [0.717, 1.165) is 11.1 Å². The Bertz CT molecular complexity index is 332. The number of nitrogens with two attached hydrogens (primary N) is 1. The highest BCUT2D eigenvalue weighted by Crippen LogP contribution is 2.25. The Morgan fingerprint density at radius 3 is 2.21 bits per heavy atom. The van der Waals surface area contributed by atoms with Crippen molar-refractivity contribution >= 4 is 23.0 Å². The van der Waals surface area contributed by atoms with Crippen molar-refractivity contribution in [1.82, 2.24) is 0 Å². The van der Waals surface area contributed by atoms with Crippen molar-refractivity contribution in [3.8, 4) is 0 Å². The van der Waals surface area contributed by atoms with Gasteiger partial charge in [0.05, 0.1) is 10.7 Å². The van der Waals surface area contributed by atoms with Gasteiger partial charge in [-0.25, -0.2) is 0 Å². The minimum Gasteiger partial charge on any atom is -0.397 e. The van der Waals surface area contributed by atoms with E-state index in [-0.39, 0.29) is 0 Å². The third-order valence-corrected chi connectivity index (χ3v) is 2.11. The molecular weight excluding hydrogens is 196 g/mol. The first kappa shape index (κ1) is 13.0. The lowest BCUT2D eigenvalue weighted by atomic mass is 10.0. The summed E-state index contributed by atoms with van der Waals surface area (Å²) in [4.78, 5) is 0. The largest absolute Gasteiger partial charge is 0.397 e. The predicted molar refractivity (Wildman–Crippen MR) is 64.5 cm³/mol. The lowest BCUT2D eigenvalue weighted by molar-refractivity contribution is 1.39. The molecule has 0 aliphatic carbocycles. The molecule has 0 aromatic heterocycles. The maximum atomic E-state index is 7.48. The first-order valence-corrected chi connectivity index (χ1v) is 5.02. The first-order valence-electron chi connectivity index (χ1n) is 4.64. The molecule has 0 saturated carbocycles. The number of aryl methyl sites for hydroxylation is 1. The Morgan fingerprint density at radius 1 is 1.36 bits per heavy atom. The van der Waals surface area contributed by atoms with E-state index in [1.807, 2.05) is 26.8 Å². The lowest BCUT2D eigenvalue weighted by Crippen LogP contribution is -2.02. The normalized spacial score (nSPS) is 8.93. The molecule has 0 radical (unpaired) electrons. The molecule has 0 spiro atoms. The standard InChI is InChI=1S/C9H11ClN2.C2H6/c1-5-3-4-7(10)9(12)8(5)6(2)11;1-2/h3-4,11H,12H2,1-2H3;1-2H3. The maximum Gasteiger partial charge on any atom is 0.0642 e. The molecule has 2 nitrogen and oxygen atoms in total. The van der Waals surface area contributed by atoms with Gasteiger partial charge in [0.2, 0.25) is 0 Å². The van der Waals surface area contributed by atoms with Gasteiger partial charge in [0.15, 0.2) is 0 Å². The summed E-state index contributed by atoms with van der Waals surface area (Å²) >= 11 is 5.81. The van der Waals surface area contributed by atoms with Crippen LogP contribution in [-0.2, 0) is 0 Å². The summed E-state index contributed by atoms with van der Waals surface area (Å²) in [5.41, 5.74) is 8.41. The molecule has 14 heavy (non-hydrogen) atoms. The molecule has 0 aliphatic heterocycles. The average Bonchev–Trinajstić information content (AvgIpc) is 2.15. The zero-order valence-electron chi connectivity index (χ0n) is 9.11. The van der Waals surface area contributed by atoms with Gasteiger partial charge in [-0.2, -0.15) is 0 Å². The number of benzene rings is 1. The van der Waals surface area contributed by atoms with Crippen molar-refractivity contribution in [3.05, 3.63) is 28.3 Å². The number of nitrogens with one attached hydrogen (secondary N) is 1. The fourth-order valence-electron chi connectivity index (χ4n) is 1.20. The van der Waals surface area contributed by atoms with Crippen LogP contribution in [0.25, 0.3) is 0 Å². The molecule has 0 unspecified atom stereocenters. The molecule has 0 heterocycles. The molecule has 0 saturated heterocycles. The van der Waals surface area contributed by atoms with E-state index in [1.54, 1.807) is 13.0 Å². The Morgan fingerprint density at radius 2 is 1.86 bits per heavy atom. The monoisotopic (exact) mass is 212 g/mol. The van der Waals surface area contributed by atoms with Gasteiger partial charge < -0.3 is 11.1 Å². The molecule has 3 N–H and O–H groups in total. The highest BCUT2D eigenvalue weighted by atomic mass is 35.5. The number of rotatable bonds is 1. The molecule has 0 aliphatic rings. The van der Waals surface area contributed by atoms with Gasteiger partial charge in [0, 0.05) is 11.3 Å². The highest BCUT2D eigenvalue weighted by molar-refractivity contribution is 6.34. The number of halogens is 1. The van der Waals surface area contributed by atoms with Gasteiger partial charge in [-0.1, -0.05) is 31.5 Å². The summed E-state index contributed by atoms with van der Waals surface area (Å²) in [6.45, 7) is 7.62. The Balaban J connectivity index is 0.000000791. The van der Waals surface area contributed by atoms with Crippen molar-refractivity contribution in [2.75, 3.05) is 5.73 Å². The van der Waals surface area contributed by atoms with Crippen LogP contribution in [-0.4, -0.2) is 5.71 Å². The van der Waals surface area contributed by atoms with Crippen LogP contribution in [0.2, 0.25) is 5.02 Å². The molecule has 0 amide bonds. The van der Waals surface area contributed by atoms with E-state index < -0.39 is 0 Å². The van der Waals surface area contributed by atoms with Crippen molar-refractivity contribution in [2.24, 2.45) is 0 Å². The van der Waals surface area contributed by atoms with Crippen LogP contribution >= 0.6 is 11.6 Å². The molecule has 0 fully saturated rings. The Labute approximate surface area is 90.6 Å². The molecule has 0 bridgehead atoms. The number of nitrogen functional groups attached to an aromatic ring is 1. The molecule has 1 rings (SSSR count). The Hall–Kier alpha value is -1.02. The van der Waals surface area contributed by atoms with E-state index in [9.17, 15) is 0 Å². The molecule has 0 atom stereocenters. The molecular formula is C11H17ClN2. The maximum absolute atomic E-state index is 7.48. The fraction of sp³-hybridized carbons (Fsp3) is 0.364. The summed E-state index contributed by atoms with van der Waals surface area (Å²) in [6.07, 6.45) is 0. The second-order valence-corrected chi connectivity index (χ2v) is 3.19. The van der Waals surface area contributed by atoms with Gasteiger partial charge >= 0.3 is 0 Å². The number of anilines is 1. The smallest absolute Gasteiger partial charge is 0.0642 e. The Kier molecular flexibility index (Phi) is 5.24. The number of hydrogen-bond acceptors (Lipinski definition) is 2. The van der Waals surface area contributed by atoms with Crippen LogP contribution in [0.15, 0.2) is 12.1 Å². The summed E-state index contributed by atoms with van der Waals surface area (Å²) in [7, 11) is 0. The topological polar surface area (TPSA) is 49.9 Å². The van der Waals surface area contributed by atoms with Gasteiger partial charge in [0.1, 0.15) is 0 Å². The minimum absolute atomic E-state index is 0.451. The van der Waals surface area contributed by atoms with Crippen LogP contribution in [0.4, 0.5) is 5.69 Å². The highest BCUT2D eigenvalue weighted by Gasteiger charge is 2.07. The van der Waals surface area contributed by atoms with Gasteiger partial charge in [0.25, 0.3) is 0 Å². The van der Waals surface area contributed by atoms with Crippen LogP contribution < -0.4 is 5.73 Å². The molecule has 1 aromatic rings. The summed E-state index contributed by atoms with van der Waals surface area (Å²) in [5, 5.41) is 7.99. The van der Waals surface area contributed by atoms with Crippen LogP contribution in [0.1, 0.15) is 31.9 Å². The summed E-state index contributed by atoms with van der Waals surface area (Å²) < 4.78 is 0. The van der Waals surface area contributed by atoms with Crippen molar-refractivity contribution in [1.29, 1.82) is 5.41 Å². The second kappa shape index (κ2) is 5.66. The van der Waals surface area contributed by atoms with E-state index >= 15 is 0 Å². The fourth-order valence-corrected chi connectivity index (χ4v) is 1.36. The predicted octanol–water partition coefficient (Wildman–Crippen LogP) is 3.64. The van der Waals surface area contributed by atoms with Gasteiger partial charge in [-0.15, -0.1) is 0 Å². The molecule has 1 aromatic carbocycles.